The van der Waals surface area contributed by atoms with E-state index in [9.17, 15) is 14.5 Å². The summed E-state index contributed by atoms with van der Waals surface area (Å²) < 4.78 is 14.8. The molecule has 0 aliphatic carbocycles. The molecule has 0 bridgehead atoms. The minimum atomic E-state index is -0.830. The van der Waals surface area contributed by atoms with E-state index in [1.165, 1.54) is 12.3 Å². The van der Waals surface area contributed by atoms with Crippen LogP contribution >= 0.6 is 0 Å². The fourth-order valence-corrected chi connectivity index (χ4v) is 1.48. The van der Waals surface area contributed by atoms with Gasteiger partial charge in [0, 0.05) is 18.0 Å². The summed E-state index contributed by atoms with van der Waals surface area (Å²) in [5, 5.41) is 15.1. The Bertz CT molecular complexity index is 535. The van der Waals surface area contributed by atoms with Gasteiger partial charge in [0.2, 0.25) is 5.82 Å². The maximum Gasteiger partial charge on any atom is 0.306 e. The standard InChI is InChI=1S/C9H8FN3O2/c1-2-12-8-4-9(13(14)15)7(10)3-6(8)5-11-12/h3-5H,2H2,1H3. The van der Waals surface area contributed by atoms with Gasteiger partial charge in [-0.25, -0.2) is 0 Å². The third-order valence-corrected chi connectivity index (χ3v) is 2.21. The maximum absolute atomic E-state index is 13.2. The monoisotopic (exact) mass is 209 g/mol. The average molecular weight is 209 g/mol. The Morgan fingerprint density at radius 3 is 2.93 bits per heavy atom. The van der Waals surface area contributed by atoms with E-state index in [-0.39, 0.29) is 0 Å². The molecule has 0 amide bonds. The number of fused-ring (bicyclic) bond motifs is 1. The Balaban J connectivity index is 2.75. The van der Waals surface area contributed by atoms with E-state index in [1.54, 1.807) is 4.68 Å². The van der Waals surface area contributed by atoms with Gasteiger partial charge in [0.15, 0.2) is 0 Å². The van der Waals surface area contributed by atoms with Gasteiger partial charge in [-0.3, -0.25) is 14.8 Å². The zero-order valence-electron chi connectivity index (χ0n) is 7.98. The molecule has 5 nitrogen and oxygen atoms in total. The van der Waals surface area contributed by atoms with Crippen molar-refractivity contribution in [2.45, 2.75) is 13.5 Å². The van der Waals surface area contributed by atoms with Crippen molar-refractivity contribution in [2.24, 2.45) is 0 Å². The number of benzene rings is 1. The van der Waals surface area contributed by atoms with Crippen LogP contribution < -0.4 is 0 Å². The molecule has 0 saturated heterocycles. The highest BCUT2D eigenvalue weighted by molar-refractivity contribution is 5.81. The van der Waals surface area contributed by atoms with Crippen LogP contribution in [0.3, 0.4) is 0 Å². The highest BCUT2D eigenvalue weighted by Crippen LogP contribution is 2.24. The van der Waals surface area contributed by atoms with Crippen LogP contribution in [0.4, 0.5) is 10.1 Å². The molecular formula is C9H8FN3O2. The molecule has 2 rings (SSSR count). The van der Waals surface area contributed by atoms with Gasteiger partial charge in [0.25, 0.3) is 0 Å². The molecule has 78 valence electrons. The fourth-order valence-electron chi connectivity index (χ4n) is 1.48. The molecule has 1 heterocycles. The third-order valence-electron chi connectivity index (χ3n) is 2.21. The van der Waals surface area contributed by atoms with Gasteiger partial charge >= 0.3 is 5.69 Å². The Hall–Kier alpha value is -1.98. The van der Waals surface area contributed by atoms with Crippen LogP contribution in [0.25, 0.3) is 10.9 Å². The first-order valence-corrected chi connectivity index (χ1v) is 4.43. The molecule has 0 spiro atoms. The van der Waals surface area contributed by atoms with Crippen LogP contribution in [-0.4, -0.2) is 14.7 Å². The number of aryl methyl sites for hydroxylation is 1. The van der Waals surface area contributed by atoms with Crippen LogP contribution in [0.5, 0.6) is 0 Å². The number of aromatic nitrogens is 2. The van der Waals surface area contributed by atoms with Gasteiger partial charge in [-0.1, -0.05) is 0 Å². The van der Waals surface area contributed by atoms with E-state index < -0.39 is 16.4 Å². The number of rotatable bonds is 2. The Labute approximate surface area is 84.3 Å². The van der Waals surface area contributed by atoms with Crippen LogP contribution in [-0.2, 0) is 6.54 Å². The molecule has 15 heavy (non-hydrogen) atoms. The van der Waals surface area contributed by atoms with E-state index in [0.717, 1.165) is 6.07 Å². The SMILES string of the molecule is CCn1ncc2cc(F)c([N+](=O)[O-])cc21. The molecule has 0 fully saturated rings. The second kappa shape index (κ2) is 3.30. The van der Waals surface area contributed by atoms with Crippen LogP contribution in [0.2, 0.25) is 0 Å². The number of hydrogen-bond acceptors (Lipinski definition) is 3. The number of nitro benzene ring substituents is 1. The quantitative estimate of drug-likeness (QED) is 0.562. The molecule has 0 N–H and O–H groups in total. The first-order valence-electron chi connectivity index (χ1n) is 4.43. The summed E-state index contributed by atoms with van der Waals surface area (Å²) in [7, 11) is 0. The molecule has 2 aromatic rings. The smallest absolute Gasteiger partial charge is 0.265 e. The van der Waals surface area contributed by atoms with Gasteiger partial charge in [-0.05, 0) is 13.0 Å². The lowest BCUT2D eigenvalue weighted by Gasteiger charge is -1.98. The molecule has 0 radical (unpaired) electrons. The molecule has 0 unspecified atom stereocenters. The number of halogens is 1. The zero-order valence-corrected chi connectivity index (χ0v) is 7.98. The second-order valence-corrected chi connectivity index (χ2v) is 3.08. The minimum absolute atomic E-state index is 0.516. The molecule has 0 aliphatic heterocycles. The summed E-state index contributed by atoms with van der Waals surface area (Å²) in [4.78, 5) is 9.79. The van der Waals surface area contributed by atoms with E-state index in [0.29, 0.717) is 17.4 Å². The van der Waals surface area contributed by atoms with E-state index in [2.05, 4.69) is 5.10 Å². The van der Waals surface area contributed by atoms with E-state index in [1.807, 2.05) is 6.92 Å². The number of nitrogens with zero attached hydrogens (tertiary/aromatic N) is 3. The van der Waals surface area contributed by atoms with Crippen LogP contribution in [0.1, 0.15) is 6.92 Å². The van der Waals surface area contributed by atoms with Gasteiger partial charge in [0.05, 0.1) is 16.6 Å². The first kappa shape index (κ1) is 9.57. The molecule has 0 saturated carbocycles. The largest absolute Gasteiger partial charge is 0.306 e. The normalized spacial score (nSPS) is 10.8. The van der Waals surface area contributed by atoms with Gasteiger partial charge in [0.1, 0.15) is 0 Å². The van der Waals surface area contributed by atoms with Gasteiger partial charge in [-0.2, -0.15) is 9.49 Å². The Morgan fingerprint density at radius 1 is 1.60 bits per heavy atom. The predicted octanol–water partition coefficient (Wildman–Crippen LogP) is 2.10. The molecule has 0 atom stereocenters. The number of hydrogen-bond donors (Lipinski definition) is 0. The lowest BCUT2D eigenvalue weighted by Crippen LogP contribution is -1.97. The van der Waals surface area contributed by atoms with Crippen molar-refractivity contribution in [1.82, 2.24) is 9.78 Å². The summed E-state index contributed by atoms with van der Waals surface area (Å²) >= 11 is 0. The maximum atomic E-state index is 13.2. The van der Waals surface area contributed by atoms with E-state index >= 15 is 0 Å². The molecule has 1 aromatic heterocycles. The summed E-state index contributed by atoms with van der Waals surface area (Å²) in [5.41, 5.74) is 0.0586. The molecule has 1 aromatic carbocycles. The van der Waals surface area contributed by atoms with Crippen molar-refractivity contribution in [3.05, 3.63) is 34.3 Å². The summed E-state index contributed by atoms with van der Waals surface area (Å²) in [5.74, 6) is -0.830. The first-order chi connectivity index (χ1) is 7.13. The van der Waals surface area contributed by atoms with Crippen molar-refractivity contribution in [1.29, 1.82) is 0 Å². The zero-order chi connectivity index (χ0) is 11.0. The van der Waals surface area contributed by atoms with Crippen molar-refractivity contribution in [3.8, 4) is 0 Å². The van der Waals surface area contributed by atoms with Gasteiger partial charge < -0.3 is 0 Å². The van der Waals surface area contributed by atoms with Crippen molar-refractivity contribution in [2.75, 3.05) is 0 Å². The number of nitro groups is 1. The highest BCUT2D eigenvalue weighted by Gasteiger charge is 2.16. The third kappa shape index (κ3) is 1.43. The fraction of sp³-hybridized carbons (Fsp3) is 0.222. The Morgan fingerprint density at radius 2 is 2.33 bits per heavy atom. The van der Waals surface area contributed by atoms with Gasteiger partial charge in [-0.15, -0.1) is 0 Å². The van der Waals surface area contributed by atoms with Crippen LogP contribution in [0.15, 0.2) is 18.3 Å². The molecule has 0 aliphatic rings. The van der Waals surface area contributed by atoms with E-state index in [4.69, 9.17) is 0 Å². The molecule has 6 heteroatoms. The lowest BCUT2D eigenvalue weighted by atomic mass is 10.2. The van der Waals surface area contributed by atoms with Crippen molar-refractivity contribution >= 4 is 16.6 Å². The Kier molecular flexibility index (Phi) is 2.11. The highest BCUT2D eigenvalue weighted by atomic mass is 19.1. The van der Waals surface area contributed by atoms with Crippen molar-refractivity contribution < 1.29 is 9.31 Å². The predicted molar refractivity (Wildman–Crippen MR) is 52.0 cm³/mol. The van der Waals surface area contributed by atoms with Crippen LogP contribution in [0, 0.1) is 15.9 Å². The average Bonchev–Trinajstić information content (AvgIpc) is 2.58. The molecular weight excluding hydrogens is 201 g/mol. The summed E-state index contributed by atoms with van der Waals surface area (Å²) in [6, 6.07) is 2.34. The minimum Gasteiger partial charge on any atom is -0.265 e. The topological polar surface area (TPSA) is 61.0 Å². The summed E-state index contributed by atoms with van der Waals surface area (Å²) in [6.45, 7) is 2.45. The summed E-state index contributed by atoms with van der Waals surface area (Å²) in [6.07, 6.45) is 1.49. The van der Waals surface area contributed by atoms with Crippen molar-refractivity contribution in [3.63, 3.8) is 0 Å². The second-order valence-electron chi connectivity index (χ2n) is 3.08. The lowest BCUT2D eigenvalue weighted by molar-refractivity contribution is -0.387.